The van der Waals surface area contributed by atoms with Crippen molar-refractivity contribution in [1.82, 2.24) is 9.78 Å². The zero-order valence-corrected chi connectivity index (χ0v) is 12.1. The highest BCUT2D eigenvalue weighted by Gasteiger charge is 2.23. The van der Waals surface area contributed by atoms with E-state index in [0.717, 1.165) is 41.5 Å². The number of ketones is 1. The number of nitrogens with zero attached hydrogens (tertiary/aromatic N) is 2. The molecule has 1 aliphatic carbocycles. The van der Waals surface area contributed by atoms with Gasteiger partial charge >= 0.3 is 0 Å². The van der Waals surface area contributed by atoms with E-state index in [1.807, 2.05) is 18.7 Å². The fourth-order valence-corrected chi connectivity index (χ4v) is 3.08. The van der Waals surface area contributed by atoms with Crippen molar-refractivity contribution in [1.29, 1.82) is 0 Å². The number of aryl methyl sites for hydroxylation is 2. The van der Waals surface area contributed by atoms with Gasteiger partial charge in [0.25, 0.3) is 0 Å². The molecule has 1 saturated carbocycles. The van der Waals surface area contributed by atoms with Crippen molar-refractivity contribution in [2.45, 2.75) is 45.4 Å². The molecule has 2 rings (SSSR count). The number of hydrogen-bond acceptors (Lipinski definition) is 2. The van der Waals surface area contributed by atoms with Crippen LogP contribution in [0.2, 0.25) is 0 Å². The Morgan fingerprint density at radius 2 is 2.18 bits per heavy atom. The second kappa shape index (κ2) is 5.34. The summed E-state index contributed by atoms with van der Waals surface area (Å²) in [5, 5.41) is 4.38. The Labute approximate surface area is 111 Å². The zero-order valence-electron chi connectivity index (χ0n) is 10.5. The summed E-state index contributed by atoms with van der Waals surface area (Å²) in [6, 6.07) is 0. The lowest BCUT2D eigenvalue weighted by atomic mass is 9.93. The number of aromatic nitrogens is 2. The number of hydrogen-bond donors (Lipinski definition) is 0. The Bertz CT molecular complexity index is 425. The molecule has 1 unspecified atom stereocenters. The molecule has 0 N–H and O–H groups in total. The van der Waals surface area contributed by atoms with Crippen molar-refractivity contribution >= 4 is 21.7 Å². The van der Waals surface area contributed by atoms with E-state index in [2.05, 4.69) is 21.0 Å². The lowest BCUT2D eigenvalue weighted by molar-refractivity contribution is -0.122. The van der Waals surface area contributed by atoms with Crippen LogP contribution in [0.3, 0.4) is 0 Å². The highest BCUT2D eigenvalue weighted by Crippen LogP contribution is 2.28. The van der Waals surface area contributed by atoms with Gasteiger partial charge in [0, 0.05) is 25.8 Å². The van der Waals surface area contributed by atoms with Crippen molar-refractivity contribution in [3.05, 3.63) is 15.9 Å². The molecule has 3 nitrogen and oxygen atoms in total. The van der Waals surface area contributed by atoms with E-state index in [1.54, 1.807) is 0 Å². The van der Waals surface area contributed by atoms with Crippen LogP contribution in [-0.2, 0) is 18.3 Å². The van der Waals surface area contributed by atoms with Crippen molar-refractivity contribution in [3.63, 3.8) is 0 Å². The summed E-state index contributed by atoms with van der Waals surface area (Å²) >= 11 is 3.57. The van der Waals surface area contributed by atoms with Gasteiger partial charge in [-0.25, -0.2) is 0 Å². The topological polar surface area (TPSA) is 34.9 Å². The van der Waals surface area contributed by atoms with Crippen LogP contribution < -0.4 is 0 Å². The molecule has 0 bridgehead atoms. The smallest absolute Gasteiger partial charge is 0.136 e. The standard InChI is InChI=1S/C13H19BrN2O/c1-9-13(14)11(16(2)15-9)8-10-6-4-3-5-7-12(10)17/h10H,3-8H2,1-2H3. The van der Waals surface area contributed by atoms with Gasteiger partial charge in [-0.2, -0.15) is 5.10 Å². The molecule has 1 aliphatic rings. The highest BCUT2D eigenvalue weighted by atomic mass is 79.9. The summed E-state index contributed by atoms with van der Waals surface area (Å²) in [7, 11) is 1.95. The van der Waals surface area contributed by atoms with Gasteiger partial charge in [-0.05, 0) is 35.7 Å². The maximum absolute atomic E-state index is 12.0. The maximum atomic E-state index is 12.0. The molecule has 4 heteroatoms. The first-order chi connectivity index (χ1) is 8.09. The molecule has 0 aliphatic heterocycles. The van der Waals surface area contributed by atoms with Crippen LogP contribution >= 0.6 is 15.9 Å². The Kier molecular flexibility index (Phi) is 4.02. The Hall–Kier alpha value is -0.640. The molecule has 0 spiro atoms. The number of rotatable bonds is 2. The average molecular weight is 299 g/mol. The van der Waals surface area contributed by atoms with Gasteiger partial charge in [-0.3, -0.25) is 9.48 Å². The molecule has 1 aromatic heterocycles. The first kappa shape index (κ1) is 12.8. The van der Waals surface area contributed by atoms with Gasteiger partial charge in [0.15, 0.2) is 0 Å². The van der Waals surface area contributed by atoms with E-state index in [1.165, 1.54) is 12.8 Å². The normalized spacial score (nSPS) is 21.6. The second-order valence-electron chi connectivity index (χ2n) is 4.94. The Morgan fingerprint density at radius 3 is 2.82 bits per heavy atom. The van der Waals surface area contributed by atoms with Gasteiger partial charge in [0.2, 0.25) is 0 Å². The lowest BCUT2D eigenvalue weighted by Gasteiger charge is -2.13. The SMILES string of the molecule is Cc1nn(C)c(CC2CCCCCC2=O)c1Br. The van der Waals surface area contributed by atoms with Gasteiger partial charge in [-0.1, -0.05) is 12.8 Å². The van der Waals surface area contributed by atoms with E-state index in [0.29, 0.717) is 5.78 Å². The molecule has 0 saturated heterocycles. The van der Waals surface area contributed by atoms with Gasteiger partial charge < -0.3 is 0 Å². The van der Waals surface area contributed by atoms with Gasteiger partial charge in [0.1, 0.15) is 5.78 Å². The van der Waals surface area contributed by atoms with Crippen LogP contribution in [0.4, 0.5) is 0 Å². The largest absolute Gasteiger partial charge is 0.299 e. The molecule has 0 amide bonds. The molecule has 17 heavy (non-hydrogen) atoms. The number of halogens is 1. The molecular weight excluding hydrogens is 280 g/mol. The minimum atomic E-state index is 0.198. The van der Waals surface area contributed by atoms with E-state index in [9.17, 15) is 4.79 Å². The average Bonchev–Trinajstić information content (AvgIpc) is 2.45. The zero-order chi connectivity index (χ0) is 12.4. The third-order valence-corrected chi connectivity index (χ3v) is 4.66. The number of carbonyl (C=O) groups is 1. The Morgan fingerprint density at radius 1 is 1.41 bits per heavy atom. The van der Waals surface area contributed by atoms with Crippen LogP contribution in [0, 0.1) is 12.8 Å². The molecule has 1 aromatic rings. The van der Waals surface area contributed by atoms with E-state index in [-0.39, 0.29) is 5.92 Å². The predicted molar refractivity (Wildman–Crippen MR) is 70.9 cm³/mol. The summed E-state index contributed by atoms with van der Waals surface area (Å²) in [5.74, 6) is 0.636. The van der Waals surface area contributed by atoms with Crippen molar-refractivity contribution in [2.75, 3.05) is 0 Å². The lowest BCUT2D eigenvalue weighted by Crippen LogP contribution is -2.17. The molecule has 1 heterocycles. The van der Waals surface area contributed by atoms with E-state index in [4.69, 9.17) is 0 Å². The molecule has 0 aromatic carbocycles. The van der Waals surface area contributed by atoms with Crippen LogP contribution in [0.15, 0.2) is 4.47 Å². The monoisotopic (exact) mass is 298 g/mol. The number of carbonyl (C=O) groups excluding carboxylic acids is 1. The number of Topliss-reactive ketones (excluding diaryl/α,β-unsaturated/α-hetero) is 1. The summed E-state index contributed by atoms with van der Waals surface area (Å²) in [4.78, 5) is 12.0. The fourth-order valence-electron chi connectivity index (χ4n) is 2.58. The van der Waals surface area contributed by atoms with Crippen LogP contribution in [0.5, 0.6) is 0 Å². The summed E-state index contributed by atoms with van der Waals surface area (Å²) in [5.41, 5.74) is 2.16. The van der Waals surface area contributed by atoms with Gasteiger partial charge in [0.05, 0.1) is 15.9 Å². The summed E-state index contributed by atoms with van der Waals surface area (Å²) in [6.45, 7) is 1.99. The fraction of sp³-hybridized carbons (Fsp3) is 0.692. The predicted octanol–water partition coefficient (Wildman–Crippen LogP) is 3.18. The highest BCUT2D eigenvalue weighted by molar-refractivity contribution is 9.10. The van der Waals surface area contributed by atoms with Crippen LogP contribution in [-0.4, -0.2) is 15.6 Å². The molecule has 1 fully saturated rings. The van der Waals surface area contributed by atoms with Gasteiger partial charge in [-0.15, -0.1) is 0 Å². The summed E-state index contributed by atoms with van der Waals surface area (Å²) in [6.07, 6.45) is 6.09. The first-order valence-electron chi connectivity index (χ1n) is 6.30. The molecule has 94 valence electrons. The minimum absolute atomic E-state index is 0.198. The second-order valence-corrected chi connectivity index (χ2v) is 5.73. The third-order valence-electron chi connectivity index (χ3n) is 3.63. The minimum Gasteiger partial charge on any atom is -0.299 e. The molecule has 0 radical (unpaired) electrons. The van der Waals surface area contributed by atoms with E-state index < -0.39 is 0 Å². The van der Waals surface area contributed by atoms with Crippen LogP contribution in [0.1, 0.15) is 43.5 Å². The van der Waals surface area contributed by atoms with Crippen molar-refractivity contribution < 1.29 is 4.79 Å². The molecular formula is C13H19BrN2O. The van der Waals surface area contributed by atoms with E-state index >= 15 is 0 Å². The van der Waals surface area contributed by atoms with Crippen molar-refractivity contribution in [3.8, 4) is 0 Å². The summed E-state index contributed by atoms with van der Waals surface area (Å²) < 4.78 is 2.97. The Balaban J connectivity index is 2.16. The van der Waals surface area contributed by atoms with Crippen molar-refractivity contribution in [2.24, 2.45) is 13.0 Å². The quantitative estimate of drug-likeness (QED) is 0.786. The van der Waals surface area contributed by atoms with Crippen LogP contribution in [0.25, 0.3) is 0 Å². The molecule has 1 atom stereocenters. The third kappa shape index (κ3) is 2.79. The maximum Gasteiger partial charge on any atom is 0.136 e. The first-order valence-corrected chi connectivity index (χ1v) is 7.09.